The molecule has 13 heavy (non-hydrogen) atoms. The first-order valence-corrected chi connectivity index (χ1v) is 4.60. The molecule has 1 heterocycles. The molecular weight excluding hydrogens is 164 g/mol. The van der Waals surface area contributed by atoms with E-state index in [1.54, 1.807) is 12.4 Å². The van der Waals surface area contributed by atoms with Gasteiger partial charge in [-0.1, -0.05) is 13.0 Å². The Labute approximate surface area is 78.8 Å². The number of nitrogens with one attached hydrogen (secondary N) is 1. The van der Waals surface area contributed by atoms with Gasteiger partial charge in [-0.2, -0.15) is 0 Å². The lowest BCUT2D eigenvalue weighted by atomic mass is 10.1. The molecule has 3 heteroatoms. The lowest BCUT2D eigenvalue weighted by Gasteiger charge is -2.10. The molecule has 0 fully saturated rings. The van der Waals surface area contributed by atoms with Gasteiger partial charge in [0.05, 0.1) is 6.10 Å². The second kappa shape index (κ2) is 5.67. The first kappa shape index (κ1) is 10.2. The van der Waals surface area contributed by atoms with Crippen LogP contribution in [0.15, 0.2) is 24.5 Å². The highest BCUT2D eigenvalue weighted by Crippen LogP contribution is 2.00. The van der Waals surface area contributed by atoms with Gasteiger partial charge in [-0.15, -0.1) is 0 Å². The standard InChI is InChI=1S/C10H16N2O/c1-2-11-8-10(13)6-9-4-3-5-12-7-9/h3-5,7,10-11,13H,2,6,8H2,1H3. The third-order valence-electron chi connectivity index (χ3n) is 1.82. The summed E-state index contributed by atoms with van der Waals surface area (Å²) in [6, 6.07) is 3.86. The first-order chi connectivity index (χ1) is 6.33. The maximum Gasteiger partial charge on any atom is 0.0705 e. The predicted octanol–water partition coefficient (Wildman–Crippen LogP) is 0.594. The zero-order valence-electron chi connectivity index (χ0n) is 7.90. The van der Waals surface area contributed by atoms with E-state index < -0.39 is 0 Å². The number of hydrogen-bond acceptors (Lipinski definition) is 3. The molecule has 0 radical (unpaired) electrons. The van der Waals surface area contributed by atoms with Crippen LogP contribution in [-0.4, -0.2) is 29.3 Å². The van der Waals surface area contributed by atoms with Crippen LogP contribution in [0.1, 0.15) is 12.5 Å². The molecule has 0 saturated carbocycles. The second-order valence-corrected chi connectivity index (χ2v) is 3.03. The molecule has 3 nitrogen and oxygen atoms in total. The van der Waals surface area contributed by atoms with Crippen molar-refractivity contribution in [2.24, 2.45) is 0 Å². The molecule has 0 saturated heterocycles. The summed E-state index contributed by atoms with van der Waals surface area (Å²) in [5, 5.41) is 12.6. The Morgan fingerprint density at radius 1 is 1.62 bits per heavy atom. The summed E-state index contributed by atoms with van der Waals surface area (Å²) in [6.45, 7) is 3.56. The maximum absolute atomic E-state index is 9.54. The molecule has 1 aromatic rings. The monoisotopic (exact) mass is 180 g/mol. The van der Waals surface area contributed by atoms with E-state index in [4.69, 9.17) is 0 Å². The molecule has 0 aromatic carbocycles. The van der Waals surface area contributed by atoms with Gasteiger partial charge in [0.2, 0.25) is 0 Å². The summed E-state index contributed by atoms with van der Waals surface area (Å²) >= 11 is 0. The Hall–Kier alpha value is -0.930. The summed E-state index contributed by atoms with van der Waals surface area (Å²) in [5.41, 5.74) is 1.08. The van der Waals surface area contributed by atoms with Crippen molar-refractivity contribution in [1.29, 1.82) is 0 Å². The molecule has 1 unspecified atom stereocenters. The van der Waals surface area contributed by atoms with Crippen LogP contribution in [0.4, 0.5) is 0 Å². The van der Waals surface area contributed by atoms with Crippen LogP contribution in [-0.2, 0) is 6.42 Å². The van der Waals surface area contributed by atoms with Gasteiger partial charge < -0.3 is 10.4 Å². The normalized spacial score (nSPS) is 12.8. The SMILES string of the molecule is CCNCC(O)Cc1cccnc1. The van der Waals surface area contributed by atoms with Crippen LogP contribution in [0.25, 0.3) is 0 Å². The fraction of sp³-hybridized carbons (Fsp3) is 0.500. The quantitative estimate of drug-likeness (QED) is 0.697. The number of likely N-dealkylation sites (N-methyl/N-ethyl adjacent to an activating group) is 1. The molecule has 72 valence electrons. The molecule has 0 amide bonds. The number of pyridine rings is 1. The van der Waals surface area contributed by atoms with Gasteiger partial charge in [0.1, 0.15) is 0 Å². The summed E-state index contributed by atoms with van der Waals surface area (Å²) < 4.78 is 0. The molecule has 1 atom stereocenters. The third kappa shape index (κ3) is 4.01. The lowest BCUT2D eigenvalue weighted by Crippen LogP contribution is -2.28. The summed E-state index contributed by atoms with van der Waals surface area (Å²) in [6.07, 6.45) is 3.88. The van der Waals surface area contributed by atoms with Crippen molar-refractivity contribution >= 4 is 0 Å². The van der Waals surface area contributed by atoms with Gasteiger partial charge in [-0.25, -0.2) is 0 Å². The van der Waals surface area contributed by atoms with Crippen LogP contribution in [0.5, 0.6) is 0 Å². The first-order valence-electron chi connectivity index (χ1n) is 4.60. The highest BCUT2D eigenvalue weighted by molar-refractivity contribution is 5.09. The number of aliphatic hydroxyl groups is 1. The minimum atomic E-state index is -0.316. The van der Waals surface area contributed by atoms with E-state index in [1.165, 1.54) is 0 Å². The number of hydrogen-bond donors (Lipinski definition) is 2. The predicted molar refractivity (Wildman–Crippen MR) is 52.5 cm³/mol. The van der Waals surface area contributed by atoms with Crippen molar-refractivity contribution < 1.29 is 5.11 Å². The molecular formula is C10H16N2O. The van der Waals surface area contributed by atoms with E-state index in [0.29, 0.717) is 13.0 Å². The minimum absolute atomic E-state index is 0.316. The Kier molecular flexibility index (Phi) is 4.43. The number of rotatable bonds is 5. The number of aliphatic hydroxyl groups excluding tert-OH is 1. The second-order valence-electron chi connectivity index (χ2n) is 3.03. The van der Waals surface area contributed by atoms with Crippen molar-refractivity contribution in [2.45, 2.75) is 19.4 Å². The minimum Gasteiger partial charge on any atom is -0.391 e. The van der Waals surface area contributed by atoms with E-state index in [1.807, 2.05) is 19.1 Å². The fourth-order valence-electron chi connectivity index (χ4n) is 1.17. The van der Waals surface area contributed by atoms with E-state index in [2.05, 4.69) is 10.3 Å². The summed E-state index contributed by atoms with van der Waals surface area (Å²) in [4.78, 5) is 3.99. The molecule has 0 aliphatic carbocycles. The molecule has 0 spiro atoms. The van der Waals surface area contributed by atoms with E-state index in [0.717, 1.165) is 12.1 Å². The third-order valence-corrected chi connectivity index (χ3v) is 1.82. The molecule has 0 aliphatic rings. The number of aromatic nitrogens is 1. The average molecular weight is 180 g/mol. The molecule has 1 rings (SSSR count). The average Bonchev–Trinajstić information content (AvgIpc) is 2.16. The summed E-state index contributed by atoms with van der Waals surface area (Å²) in [5.74, 6) is 0. The Bertz CT molecular complexity index is 226. The highest BCUT2D eigenvalue weighted by atomic mass is 16.3. The topological polar surface area (TPSA) is 45.1 Å². The van der Waals surface area contributed by atoms with Gasteiger partial charge in [0, 0.05) is 25.4 Å². The fourth-order valence-corrected chi connectivity index (χ4v) is 1.17. The largest absolute Gasteiger partial charge is 0.391 e. The van der Waals surface area contributed by atoms with Crippen LogP contribution in [0.3, 0.4) is 0 Å². The molecule has 2 N–H and O–H groups in total. The van der Waals surface area contributed by atoms with Gasteiger partial charge in [0.25, 0.3) is 0 Å². The van der Waals surface area contributed by atoms with E-state index in [-0.39, 0.29) is 6.10 Å². The Balaban J connectivity index is 2.32. The molecule has 0 bridgehead atoms. The summed E-state index contributed by atoms with van der Waals surface area (Å²) in [7, 11) is 0. The Morgan fingerprint density at radius 2 is 2.46 bits per heavy atom. The van der Waals surface area contributed by atoms with Crippen molar-refractivity contribution in [3.8, 4) is 0 Å². The maximum atomic E-state index is 9.54. The smallest absolute Gasteiger partial charge is 0.0705 e. The van der Waals surface area contributed by atoms with E-state index in [9.17, 15) is 5.11 Å². The number of nitrogens with zero attached hydrogens (tertiary/aromatic N) is 1. The van der Waals surface area contributed by atoms with E-state index >= 15 is 0 Å². The van der Waals surface area contributed by atoms with Crippen LogP contribution < -0.4 is 5.32 Å². The lowest BCUT2D eigenvalue weighted by molar-refractivity contribution is 0.172. The molecule has 0 aliphatic heterocycles. The van der Waals surface area contributed by atoms with Crippen LogP contribution >= 0.6 is 0 Å². The Morgan fingerprint density at radius 3 is 3.08 bits per heavy atom. The zero-order chi connectivity index (χ0) is 9.52. The van der Waals surface area contributed by atoms with Crippen molar-refractivity contribution in [3.63, 3.8) is 0 Å². The van der Waals surface area contributed by atoms with Gasteiger partial charge >= 0.3 is 0 Å². The van der Waals surface area contributed by atoms with Crippen molar-refractivity contribution in [2.75, 3.05) is 13.1 Å². The van der Waals surface area contributed by atoms with Crippen LogP contribution in [0, 0.1) is 0 Å². The van der Waals surface area contributed by atoms with Gasteiger partial charge in [-0.3, -0.25) is 4.98 Å². The zero-order valence-corrected chi connectivity index (χ0v) is 7.90. The highest BCUT2D eigenvalue weighted by Gasteiger charge is 2.03. The molecule has 1 aromatic heterocycles. The van der Waals surface area contributed by atoms with Crippen LogP contribution in [0.2, 0.25) is 0 Å². The van der Waals surface area contributed by atoms with Crippen molar-refractivity contribution in [3.05, 3.63) is 30.1 Å². The van der Waals surface area contributed by atoms with Crippen molar-refractivity contribution in [1.82, 2.24) is 10.3 Å². The van der Waals surface area contributed by atoms with Gasteiger partial charge in [-0.05, 0) is 18.2 Å². The van der Waals surface area contributed by atoms with Gasteiger partial charge in [0.15, 0.2) is 0 Å².